The maximum Gasteiger partial charge on any atom is 0.406 e. The lowest BCUT2D eigenvalue weighted by molar-refractivity contribution is 0.170. The molecule has 2 aromatic carbocycles. The van der Waals surface area contributed by atoms with E-state index < -0.39 is 11.7 Å². The summed E-state index contributed by atoms with van der Waals surface area (Å²) in [5.74, 6) is 0.690. The number of nitrogens with one attached hydrogen (secondary N) is 1. The summed E-state index contributed by atoms with van der Waals surface area (Å²) >= 11 is 0. The van der Waals surface area contributed by atoms with E-state index >= 15 is 0 Å². The predicted octanol–water partition coefficient (Wildman–Crippen LogP) is 3.10. The van der Waals surface area contributed by atoms with Crippen LogP contribution in [-0.2, 0) is 4.74 Å². The zero-order chi connectivity index (χ0) is 19.1. The SMILES string of the molecule is COC(=O)NCCC(COc1ccc2c(=O)ocnc2c1)c1ccccc1. The van der Waals surface area contributed by atoms with Gasteiger partial charge in [0.05, 0.1) is 24.6 Å². The summed E-state index contributed by atoms with van der Waals surface area (Å²) in [5.41, 5.74) is 1.21. The van der Waals surface area contributed by atoms with Gasteiger partial charge in [0.1, 0.15) is 5.75 Å². The zero-order valence-electron chi connectivity index (χ0n) is 14.9. The highest BCUT2D eigenvalue weighted by atomic mass is 16.5. The number of aromatic nitrogens is 1. The van der Waals surface area contributed by atoms with Crippen LogP contribution in [0.25, 0.3) is 10.9 Å². The first kappa shape index (κ1) is 18.4. The van der Waals surface area contributed by atoms with Gasteiger partial charge < -0.3 is 19.2 Å². The third-order valence-corrected chi connectivity index (χ3v) is 4.21. The van der Waals surface area contributed by atoms with E-state index in [1.165, 1.54) is 7.11 Å². The third-order valence-electron chi connectivity index (χ3n) is 4.21. The monoisotopic (exact) mass is 368 g/mol. The zero-order valence-corrected chi connectivity index (χ0v) is 14.9. The van der Waals surface area contributed by atoms with Crippen LogP contribution in [0.2, 0.25) is 0 Å². The molecule has 7 heteroatoms. The van der Waals surface area contributed by atoms with Crippen LogP contribution >= 0.6 is 0 Å². The number of hydrogen-bond donors (Lipinski definition) is 1. The van der Waals surface area contributed by atoms with Crippen molar-refractivity contribution in [1.82, 2.24) is 10.3 Å². The van der Waals surface area contributed by atoms with Gasteiger partial charge in [-0.05, 0) is 24.1 Å². The highest BCUT2D eigenvalue weighted by Crippen LogP contribution is 2.23. The number of ether oxygens (including phenoxy) is 2. The van der Waals surface area contributed by atoms with Crippen LogP contribution in [0, 0.1) is 0 Å². The Morgan fingerprint density at radius 3 is 2.81 bits per heavy atom. The second-order valence-corrected chi connectivity index (χ2v) is 5.94. The third kappa shape index (κ3) is 4.84. The quantitative estimate of drug-likeness (QED) is 0.689. The normalized spacial score (nSPS) is 11.7. The van der Waals surface area contributed by atoms with Crippen LogP contribution in [0.15, 0.2) is 64.1 Å². The molecule has 0 aliphatic carbocycles. The molecule has 1 atom stereocenters. The maximum absolute atomic E-state index is 11.6. The first-order chi connectivity index (χ1) is 13.2. The fourth-order valence-corrected chi connectivity index (χ4v) is 2.76. The number of fused-ring (bicyclic) bond motifs is 1. The molecule has 7 nitrogen and oxygen atoms in total. The Morgan fingerprint density at radius 2 is 2.04 bits per heavy atom. The Labute approximate surface area is 155 Å². The van der Waals surface area contributed by atoms with Crippen LogP contribution in [-0.4, -0.2) is 31.3 Å². The van der Waals surface area contributed by atoms with E-state index in [0.717, 1.165) is 12.0 Å². The Morgan fingerprint density at radius 1 is 1.22 bits per heavy atom. The van der Waals surface area contributed by atoms with Gasteiger partial charge in [0.15, 0.2) is 6.39 Å². The number of nitrogens with zero attached hydrogens (tertiary/aromatic N) is 1. The van der Waals surface area contributed by atoms with Gasteiger partial charge in [-0.25, -0.2) is 14.6 Å². The van der Waals surface area contributed by atoms with Crippen LogP contribution < -0.4 is 15.7 Å². The second-order valence-electron chi connectivity index (χ2n) is 5.94. The van der Waals surface area contributed by atoms with Gasteiger partial charge in [0.2, 0.25) is 0 Å². The number of rotatable bonds is 7. The topological polar surface area (TPSA) is 90.7 Å². The molecule has 140 valence electrons. The minimum Gasteiger partial charge on any atom is -0.493 e. The number of amides is 1. The molecular weight excluding hydrogens is 348 g/mol. The molecule has 0 radical (unpaired) electrons. The van der Waals surface area contributed by atoms with Crippen LogP contribution in [0.5, 0.6) is 5.75 Å². The molecule has 1 unspecified atom stereocenters. The van der Waals surface area contributed by atoms with Crippen LogP contribution in [0.3, 0.4) is 0 Å². The number of hydrogen-bond acceptors (Lipinski definition) is 6. The summed E-state index contributed by atoms with van der Waals surface area (Å²) in [6.07, 6.45) is 1.36. The molecule has 0 aliphatic rings. The summed E-state index contributed by atoms with van der Waals surface area (Å²) in [6.45, 7) is 0.885. The van der Waals surface area contributed by atoms with E-state index in [2.05, 4.69) is 15.0 Å². The van der Waals surface area contributed by atoms with Crippen molar-refractivity contribution >= 4 is 17.0 Å². The molecule has 0 aliphatic heterocycles. The standard InChI is InChI=1S/C20H20N2O5/c1-25-20(24)21-10-9-15(14-5-3-2-4-6-14)12-26-16-7-8-17-18(11-16)22-13-27-19(17)23/h2-8,11,13,15H,9-10,12H2,1H3,(H,21,24). The van der Waals surface area contributed by atoms with E-state index in [4.69, 9.17) is 9.15 Å². The lowest BCUT2D eigenvalue weighted by Gasteiger charge is -2.18. The van der Waals surface area contributed by atoms with E-state index in [9.17, 15) is 9.59 Å². The highest BCUT2D eigenvalue weighted by molar-refractivity contribution is 5.78. The van der Waals surface area contributed by atoms with Gasteiger partial charge in [0, 0.05) is 18.5 Å². The molecule has 1 aromatic heterocycles. The molecule has 27 heavy (non-hydrogen) atoms. The van der Waals surface area contributed by atoms with Gasteiger partial charge in [-0.3, -0.25) is 0 Å². The number of carbonyl (C=O) groups excluding carboxylic acids is 1. The average molecular weight is 368 g/mol. The molecule has 0 bridgehead atoms. The van der Waals surface area contributed by atoms with Crippen molar-refractivity contribution in [2.75, 3.05) is 20.3 Å². The number of methoxy groups -OCH3 is 1. The minimum absolute atomic E-state index is 0.0767. The molecule has 1 amide bonds. The summed E-state index contributed by atoms with van der Waals surface area (Å²) in [6, 6.07) is 15.0. The fraction of sp³-hybridized carbons (Fsp3) is 0.250. The lowest BCUT2D eigenvalue weighted by Crippen LogP contribution is -2.26. The molecule has 3 rings (SSSR count). The molecule has 1 N–H and O–H groups in total. The smallest absolute Gasteiger partial charge is 0.406 e. The Balaban J connectivity index is 1.70. The molecule has 0 saturated carbocycles. The Kier molecular flexibility index (Phi) is 6.04. The van der Waals surface area contributed by atoms with E-state index in [-0.39, 0.29) is 5.92 Å². The van der Waals surface area contributed by atoms with E-state index in [0.29, 0.717) is 36.2 Å². The van der Waals surface area contributed by atoms with Gasteiger partial charge in [-0.2, -0.15) is 0 Å². The first-order valence-electron chi connectivity index (χ1n) is 8.54. The molecular formula is C20H20N2O5. The molecule has 0 spiro atoms. The highest BCUT2D eigenvalue weighted by Gasteiger charge is 2.14. The van der Waals surface area contributed by atoms with Crippen molar-refractivity contribution < 1.29 is 18.7 Å². The van der Waals surface area contributed by atoms with Crippen molar-refractivity contribution in [2.24, 2.45) is 0 Å². The Hall–Kier alpha value is -3.35. The molecule has 0 fully saturated rings. The van der Waals surface area contributed by atoms with Gasteiger partial charge >= 0.3 is 11.7 Å². The van der Waals surface area contributed by atoms with Gasteiger partial charge in [-0.15, -0.1) is 0 Å². The summed E-state index contributed by atoms with van der Waals surface area (Å²) < 4.78 is 15.3. The average Bonchev–Trinajstić information content (AvgIpc) is 2.71. The predicted molar refractivity (Wildman–Crippen MR) is 100.0 cm³/mol. The number of benzene rings is 2. The van der Waals surface area contributed by atoms with Crippen molar-refractivity contribution in [3.63, 3.8) is 0 Å². The van der Waals surface area contributed by atoms with Crippen molar-refractivity contribution in [1.29, 1.82) is 0 Å². The number of alkyl carbamates (subject to hydrolysis) is 1. The van der Waals surface area contributed by atoms with Crippen LogP contribution in [0.1, 0.15) is 17.9 Å². The summed E-state index contributed by atoms with van der Waals surface area (Å²) in [4.78, 5) is 27.0. The van der Waals surface area contributed by atoms with E-state index in [1.807, 2.05) is 30.3 Å². The number of carbonyl (C=O) groups is 1. The summed E-state index contributed by atoms with van der Waals surface area (Å²) in [5, 5.41) is 3.10. The lowest BCUT2D eigenvalue weighted by atomic mass is 9.96. The minimum atomic E-state index is -0.456. The maximum atomic E-state index is 11.6. The van der Waals surface area contributed by atoms with Gasteiger partial charge in [0.25, 0.3) is 0 Å². The molecule has 1 heterocycles. The fourth-order valence-electron chi connectivity index (χ4n) is 2.76. The van der Waals surface area contributed by atoms with Crippen molar-refractivity contribution in [3.8, 4) is 5.75 Å². The van der Waals surface area contributed by atoms with Crippen molar-refractivity contribution in [3.05, 3.63) is 70.9 Å². The van der Waals surface area contributed by atoms with E-state index in [1.54, 1.807) is 18.2 Å². The molecule has 0 saturated heterocycles. The summed E-state index contributed by atoms with van der Waals surface area (Å²) in [7, 11) is 1.33. The van der Waals surface area contributed by atoms with Gasteiger partial charge in [-0.1, -0.05) is 30.3 Å². The second kappa shape index (κ2) is 8.84. The van der Waals surface area contributed by atoms with Crippen molar-refractivity contribution in [2.45, 2.75) is 12.3 Å². The Bertz CT molecular complexity index is 955. The van der Waals surface area contributed by atoms with Crippen LogP contribution in [0.4, 0.5) is 4.79 Å². The molecule has 3 aromatic rings. The first-order valence-corrected chi connectivity index (χ1v) is 8.54. The largest absolute Gasteiger partial charge is 0.493 e.